The standard InChI is InChI=1S/C21H25N3O.2ClH/c25-21(18-5-3-12-22-14-18)23-19-9-7-16(8-10-19)15-24-13-11-17-4-1-2-6-20(17)24;;/h1-2,4,6-10,18,22H,3,5,11-15H2,(H,23,25);2*1H. The Morgan fingerprint density at radius 2 is 1.89 bits per heavy atom. The minimum Gasteiger partial charge on any atom is -0.367 e. The van der Waals surface area contributed by atoms with Crippen LogP contribution in [0.25, 0.3) is 0 Å². The summed E-state index contributed by atoms with van der Waals surface area (Å²) in [5.74, 6) is 0.225. The monoisotopic (exact) mass is 407 g/mol. The van der Waals surface area contributed by atoms with Gasteiger partial charge in [-0.2, -0.15) is 0 Å². The fourth-order valence-corrected chi connectivity index (χ4v) is 3.80. The highest BCUT2D eigenvalue weighted by Gasteiger charge is 2.21. The number of piperidine rings is 1. The van der Waals surface area contributed by atoms with E-state index in [4.69, 9.17) is 0 Å². The highest BCUT2D eigenvalue weighted by Crippen LogP contribution is 2.29. The van der Waals surface area contributed by atoms with Crippen molar-refractivity contribution in [2.24, 2.45) is 5.92 Å². The van der Waals surface area contributed by atoms with E-state index in [2.05, 4.69) is 51.9 Å². The number of hydrogen-bond acceptors (Lipinski definition) is 3. The number of amides is 1. The molecule has 2 aliphatic heterocycles. The molecular weight excluding hydrogens is 381 g/mol. The summed E-state index contributed by atoms with van der Waals surface area (Å²) in [6.45, 7) is 3.81. The summed E-state index contributed by atoms with van der Waals surface area (Å²) in [6.07, 6.45) is 3.18. The van der Waals surface area contributed by atoms with Crippen LogP contribution >= 0.6 is 24.8 Å². The van der Waals surface area contributed by atoms with Crippen LogP contribution in [0.15, 0.2) is 48.5 Å². The van der Waals surface area contributed by atoms with Crippen LogP contribution in [0.5, 0.6) is 0 Å². The Morgan fingerprint density at radius 3 is 2.63 bits per heavy atom. The van der Waals surface area contributed by atoms with Crippen LogP contribution in [0.3, 0.4) is 0 Å². The lowest BCUT2D eigenvalue weighted by molar-refractivity contribution is -0.120. The molecule has 6 heteroatoms. The summed E-state index contributed by atoms with van der Waals surface area (Å²) in [5.41, 5.74) is 4.95. The fourth-order valence-electron chi connectivity index (χ4n) is 3.80. The van der Waals surface area contributed by atoms with Gasteiger partial charge in [-0.25, -0.2) is 0 Å². The molecule has 4 rings (SSSR count). The molecule has 27 heavy (non-hydrogen) atoms. The van der Waals surface area contributed by atoms with Crippen molar-refractivity contribution < 1.29 is 4.79 Å². The van der Waals surface area contributed by atoms with Gasteiger partial charge in [0.1, 0.15) is 0 Å². The minimum atomic E-state index is 0. The number of hydrogen-bond donors (Lipinski definition) is 2. The molecule has 1 atom stereocenters. The van der Waals surface area contributed by atoms with Gasteiger partial charge in [0.05, 0.1) is 5.92 Å². The molecule has 2 aromatic rings. The van der Waals surface area contributed by atoms with E-state index in [0.717, 1.165) is 51.1 Å². The molecule has 1 fully saturated rings. The van der Waals surface area contributed by atoms with Gasteiger partial charge in [-0.1, -0.05) is 30.3 Å². The molecule has 2 aromatic carbocycles. The minimum absolute atomic E-state index is 0. The van der Waals surface area contributed by atoms with Gasteiger partial charge in [0.25, 0.3) is 0 Å². The normalized spacial score (nSPS) is 18.1. The summed E-state index contributed by atoms with van der Waals surface area (Å²) in [6, 6.07) is 16.9. The van der Waals surface area contributed by atoms with Gasteiger partial charge in [0.2, 0.25) is 5.91 Å². The molecule has 0 aliphatic carbocycles. The van der Waals surface area contributed by atoms with Crippen LogP contribution < -0.4 is 15.5 Å². The Morgan fingerprint density at radius 1 is 1.11 bits per heavy atom. The molecule has 2 heterocycles. The van der Waals surface area contributed by atoms with Crippen molar-refractivity contribution in [2.45, 2.75) is 25.8 Å². The summed E-state index contributed by atoms with van der Waals surface area (Å²) in [7, 11) is 0. The van der Waals surface area contributed by atoms with Gasteiger partial charge >= 0.3 is 0 Å². The second-order valence-corrected chi connectivity index (χ2v) is 7.03. The molecule has 2 aliphatic rings. The summed E-state index contributed by atoms with van der Waals surface area (Å²) in [4.78, 5) is 14.7. The van der Waals surface area contributed by atoms with Crippen molar-refractivity contribution >= 4 is 42.1 Å². The van der Waals surface area contributed by atoms with Gasteiger partial charge in [-0.3, -0.25) is 4.79 Å². The molecule has 0 radical (unpaired) electrons. The number of benzene rings is 2. The van der Waals surface area contributed by atoms with Crippen LogP contribution in [0.2, 0.25) is 0 Å². The zero-order valence-corrected chi connectivity index (χ0v) is 17.0. The number of anilines is 2. The topological polar surface area (TPSA) is 44.4 Å². The molecule has 1 saturated heterocycles. The van der Waals surface area contributed by atoms with Crippen molar-refractivity contribution in [3.63, 3.8) is 0 Å². The maximum Gasteiger partial charge on any atom is 0.228 e. The molecule has 2 N–H and O–H groups in total. The highest BCUT2D eigenvalue weighted by atomic mass is 35.5. The van der Waals surface area contributed by atoms with Crippen molar-refractivity contribution in [1.29, 1.82) is 0 Å². The van der Waals surface area contributed by atoms with E-state index in [-0.39, 0.29) is 36.6 Å². The lowest BCUT2D eigenvalue weighted by Gasteiger charge is -2.22. The van der Waals surface area contributed by atoms with Gasteiger partial charge in [-0.15, -0.1) is 24.8 Å². The molecule has 0 bridgehead atoms. The first-order valence-electron chi connectivity index (χ1n) is 9.23. The smallest absolute Gasteiger partial charge is 0.228 e. The third kappa shape index (κ3) is 5.16. The Kier molecular flexibility index (Phi) is 7.96. The van der Waals surface area contributed by atoms with E-state index < -0.39 is 0 Å². The highest BCUT2D eigenvalue weighted by molar-refractivity contribution is 5.92. The first-order valence-corrected chi connectivity index (χ1v) is 9.23. The van der Waals surface area contributed by atoms with E-state index in [0.29, 0.717) is 0 Å². The Hall–Kier alpha value is -1.75. The van der Waals surface area contributed by atoms with E-state index in [1.165, 1.54) is 16.8 Å². The number of halogens is 2. The molecule has 146 valence electrons. The fraction of sp³-hybridized carbons (Fsp3) is 0.381. The average Bonchev–Trinajstić information content (AvgIpc) is 3.07. The van der Waals surface area contributed by atoms with E-state index in [1.807, 2.05) is 12.1 Å². The Labute approximate surface area is 173 Å². The summed E-state index contributed by atoms with van der Waals surface area (Å²) < 4.78 is 0. The van der Waals surface area contributed by atoms with Gasteiger partial charge < -0.3 is 15.5 Å². The van der Waals surface area contributed by atoms with Crippen LogP contribution in [0.1, 0.15) is 24.0 Å². The zero-order valence-electron chi connectivity index (χ0n) is 15.3. The molecular formula is C21H27Cl2N3O. The summed E-state index contributed by atoms with van der Waals surface area (Å²) in [5, 5.41) is 6.35. The Bertz CT molecular complexity index is 745. The number of carbonyl (C=O) groups is 1. The second-order valence-electron chi connectivity index (χ2n) is 7.03. The maximum atomic E-state index is 12.3. The number of rotatable bonds is 4. The van der Waals surface area contributed by atoms with Gasteiger partial charge in [0, 0.05) is 31.0 Å². The lowest BCUT2D eigenvalue weighted by Crippen LogP contribution is -2.37. The van der Waals surface area contributed by atoms with Crippen LogP contribution in [0, 0.1) is 5.92 Å². The van der Waals surface area contributed by atoms with Crippen LogP contribution in [-0.2, 0) is 17.8 Å². The number of fused-ring (bicyclic) bond motifs is 1. The largest absolute Gasteiger partial charge is 0.367 e. The lowest BCUT2D eigenvalue weighted by atomic mass is 9.99. The quantitative estimate of drug-likeness (QED) is 0.803. The van der Waals surface area contributed by atoms with Crippen LogP contribution in [-0.4, -0.2) is 25.5 Å². The second kappa shape index (κ2) is 9.98. The first-order chi connectivity index (χ1) is 12.3. The van der Waals surface area contributed by atoms with Crippen molar-refractivity contribution in [3.8, 4) is 0 Å². The van der Waals surface area contributed by atoms with E-state index in [1.54, 1.807) is 0 Å². The maximum absolute atomic E-state index is 12.3. The van der Waals surface area contributed by atoms with Crippen molar-refractivity contribution in [2.75, 3.05) is 29.9 Å². The predicted octanol–water partition coefficient (Wildman–Crippen LogP) is 4.03. The predicted molar refractivity (Wildman–Crippen MR) is 116 cm³/mol. The first kappa shape index (κ1) is 21.5. The third-order valence-electron chi connectivity index (χ3n) is 5.25. The molecule has 1 unspecified atom stereocenters. The third-order valence-corrected chi connectivity index (χ3v) is 5.25. The van der Waals surface area contributed by atoms with Crippen LogP contribution in [0.4, 0.5) is 11.4 Å². The molecule has 4 nitrogen and oxygen atoms in total. The average molecular weight is 408 g/mol. The summed E-state index contributed by atoms with van der Waals surface area (Å²) >= 11 is 0. The number of para-hydroxylation sites is 1. The number of nitrogens with zero attached hydrogens (tertiary/aromatic N) is 1. The molecule has 1 amide bonds. The van der Waals surface area contributed by atoms with Gasteiger partial charge in [-0.05, 0) is 55.1 Å². The van der Waals surface area contributed by atoms with Crippen molar-refractivity contribution in [3.05, 3.63) is 59.7 Å². The Balaban J connectivity index is 0.00000131. The molecule has 0 aromatic heterocycles. The number of carbonyl (C=O) groups excluding carboxylic acids is 1. The van der Waals surface area contributed by atoms with Gasteiger partial charge in [0.15, 0.2) is 0 Å². The van der Waals surface area contributed by atoms with Crippen molar-refractivity contribution in [1.82, 2.24) is 5.32 Å². The SMILES string of the molecule is Cl.Cl.O=C(Nc1ccc(CN2CCc3ccccc32)cc1)C1CCCNC1. The molecule has 0 spiro atoms. The van der Waals surface area contributed by atoms with E-state index >= 15 is 0 Å². The zero-order chi connectivity index (χ0) is 17.1. The van der Waals surface area contributed by atoms with E-state index in [9.17, 15) is 4.79 Å². The molecule has 0 saturated carbocycles. The number of nitrogens with one attached hydrogen (secondary N) is 2.